The molecule has 0 fully saturated rings. The first kappa shape index (κ1) is 70.2. The van der Waals surface area contributed by atoms with Gasteiger partial charge in [0.1, 0.15) is 0 Å². The zero-order valence-corrected chi connectivity index (χ0v) is 65.8. The number of nitrogens with one attached hydrogen (secondary N) is 1. The first-order chi connectivity index (χ1) is 56.9. The molecule has 4 nitrogen and oxygen atoms in total. The van der Waals surface area contributed by atoms with E-state index in [1.165, 1.54) is 156 Å². The van der Waals surface area contributed by atoms with Gasteiger partial charge in [-0.15, -0.1) is 22.7 Å². The average molecular weight is 1570 g/mol. The molecule has 0 saturated carbocycles. The zero-order valence-electron chi connectivity index (χ0n) is 62.6. The summed E-state index contributed by atoms with van der Waals surface area (Å²) in [7, 11) is 0. The number of benzene rings is 18. The van der Waals surface area contributed by atoms with Crippen LogP contribution in [0.3, 0.4) is 0 Å². The van der Waals surface area contributed by atoms with Gasteiger partial charge in [0.05, 0.1) is 22.1 Å². The zero-order chi connectivity index (χ0) is 76.5. The van der Waals surface area contributed by atoms with Crippen molar-refractivity contribution in [3.63, 3.8) is 0 Å². The minimum absolute atomic E-state index is 1.09. The van der Waals surface area contributed by atoms with E-state index >= 15 is 0 Å². The van der Waals surface area contributed by atoms with E-state index in [4.69, 9.17) is 0 Å². The lowest BCUT2D eigenvalue weighted by molar-refractivity contribution is 1.19. The van der Waals surface area contributed by atoms with E-state index in [0.717, 1.165) is 38.6 Å². The molecule has 4 heterocycles. The van der Waals surface area contributed by atoms with E-state index in [2.05, 4.69) is 460 Å². The molecule has 18 aromatic carbocycles. The Morgan fingerprint density at radius 2 is 0.504 bits per heavy atom. The van der Waals surface area contributed by atoms with Gasteiger partial charge in [0.25, 0.3) is 0 Å². The number of rotatable bonds is 13. The number of para-hydroxylation sites is 2. The van der Waals surface area contributed by atoms with E-state index < -0.39 is 0 Å². The van der Waals surface area contributed by atoms with Crippen LogP contribution in [0.4, 0.5) is 28.4 Å². The van der Waals surface area contributed by atoms with Crippen molar-refractivity contribution >= 4 is 151 Å². The summed E-state index contributed by atoms with van der Waals surface area (Å²) in [6, 6.07) is 157. The Labute approximate surface area is 684 Å². The van der Waals surface area contributed by atoms with Crippen LogP contribution in [0.2, 0.25) is 0 Å². The molecule has 0 atom stereocenters. The Hall–Kier alpha value is -13.9. The number of halogens is 1. The Morgan fingerprint density at radius 1 is 0.217 bits per heavy atom. The van der Waals surface area contributed by atoms with E-state index in [1.54, 1.807) is 0 Å². The minimum atomic E-state index is 1.09. The monoisotopic (exact) mass is 1570 g/mol. The summed E-state index contributed by atoms with van der Waals surface area (Å²) >= 11 is 7.44. The smallest absolute Gasteiger partial charge is 0.0634 e. The Bertz CT molecular complexity index is 7050. The van der Waals surface area contributed by atoms with Gasteiger partial charge in [-0.25, -0.2) is 0 Å². The maximum Gasteiger partial charge on any atom is 0.0634 e. The summed E-state index contributed by atoms with van der Waals surface area (Å²) in [4.78, 5) is 2.39. The molecule has 0 saturated heterocycles. The molecule has 0 radical (unpaired) electrons. The molecule has 1 N–H and O–H groups in total. The lowest BCUT2D eigenvalue weighted by atomic mass is 10.0. The van der Waals surface area contributed by atoms with Gasteiger partial charge in [0.15, 0.2) is 0 Å². The lowest BCUT2D eigenvalue weighted by Crippen LogP contribution is -2.10. The predicted octanol–water partition coefficient (Wildman–Crippen LogP) is 32.0. The van der Waals surface area contributed by atoms with E-state index in [-0.39, 0.29) is 0 Å². The van der Waals surface area contributed by atoms with Gasteiger partial charge in [-0.1, -0.05) is 307 Å². The Balaban J connectivity index is 0.000000124. The number of aromatic nitrogens is 2. The molecule has 0 aliphatic rings. The molecule has 0 aliphatic carbocycles. The Morgan fingerprint density at radius 3 is 0.870 bits per heavy atom. The van der Waals surface area contributed by atoms with Crippen LogP contribution in [0.1, 0.15) is 0 Å². The number of fused-ring (bicyclic) bond motifs is 14. The van der Waals surface area contributed by atoms with Crippen LogP contribution >= 0.6 is 38.6 Å². The average Bonchev–Trinajstić information content (AvgIpc) is 1.56. The molecule has 4 aromatic heterocycles. The standard InChI is InChI=1S/C54H36N2S.C30H18BrNS.C24H19N/c1-5-13-37(14-6-1)40-21-26-44(27-22-40)55(45-28-23-41(24-29-45)38-15-7-2-8-16-38)46-30-32-50-48(36-46)47-31-34-52-53(54(47)56(50)43-19-11-4-12-20-43)49-35-42(25-33-51(49)57-52)39-17-9-3-10-18-39;31-21-12-14-26-24(18-21)23-13-16-28-29(30(23)32(26)22-9-5-2-6-10-22)25-17-20(11-15-27(25)33-28)19-7-3-1-4-8-19;1-3-7-19(8-4-1)21-11-15-23(16-12-21)25-24-17-13-22(14-18-24)20-9-5-2-6-10-20/h1-36H;1-18H;1-18,25H. The molecule has 0 unspecified atom stereocenters. The van der Waals surface area contributed by atoms with Crippen molar-refractivity contribution in [1.29, 1.82) is 0 Å². The molecule has 0 amide bonds. The molecule has 544 valence electrons. The SMILES string of the molecule is Brc1ccc2c(c1)c1ccc3sc4ccc(-c5ccccc5)cc4c3c1n2-c1ccccc1.c1ccc(-c2ccc(N(c3ccc(-c4ccccc4)cc3)c3ccc4c(c3)c3ccc5sc6ccc(-c7ccccc7)cc6c5c3n4-c3ccccc3)cc2)cc1.c1ccc(-c2ccc(Nc3ccc(-c4ccccc4)cc3)cc2)cc1. The van der Waals surface area contributed by atoms with Gasteiger partial charge in [0, 0.05) is 106 Å². The van der Waals surface area contributed by atoms with Gasteiger partial charge in [-0.3, -0.25) is 0 Å². The number of thiophene rings is 2. The molecule has 115 heavy (non-hydrogen) atoms. The van der Waals surface area contributed by atoms with Gasteiger partial charge in [-0.2, -0.15) is 0 Å². The van der Waals surface area contributed by atoms with Crippen LogP contribution in [-0.4, -0.2) is 9.13 Å². The van der Waals surface area contributed by atoms with E-state index in [1.807, 2.05) is 34.8 Å². The summed E-state index contributed by atoms with van der Waals surface area (Å²) in [5, 5.41) is 13.7. The van der Waals surface area contributed by atoms with Crippen molar-refractivity contribution < 1.29 is 0 Å². The number of anilines is 5. The largest absolute Gasteiger partial charge is 0.356 e. The number of nitrogens with zero attached hydrogens (tertiary/aromatic N) is 3. The van der Waals surface area contributed by atoms with Crippen molar-refractivity contribution in [1.82, 2.24) is 9.13 Å². The maximum absolute atomic E-state index is 3.69. The molecule has 22 aromatic rings. The molecular weight excluding hydrogens is 1500 g/mol. The quantitative estimate of drug-likeness (QED) is 0.124. The van der Waals surface area contributed by atoms with E-state index in [9.17, 15) is 0 Å². The van der Waals surface area contributed by atoms with Gasteiger partial charge < -0.3 is 19.4 Å². The highest BCUT2D eigenvalue weighted by atomic mass is 79.9. The van der Waals surface area contributed by atoms with Crippen molar-refractivity contribution in [2.45, 2.75) is 0 Å². The van der Waals surface area contributed by atoms with Crippen LogP contribution in [0, 0.1) is 0 Å². The Kier molecular flexibility index (Phi) is 18.9. The second-order valence-corrected chi connectivity index (χ2v) is 32.0. The van der Waals surface area contributed by atoms with E-state index in [0.29, 0.717) is 0 Å². The molecule has 0 bridgehead atoms. The summed E-state index contributed by atoms with van der Waals surface area (Å²) in [6.45, 7) is 0. The molecular formula is C108H73BrN4S2. The lowest BCUT2D eigenvalue weighted by Gasteiger charge is -2.26. The predicted molar refractivity (Wildman–Crippen MR) is 499 cm³/mol. The van der Waals surface area contributed by atoms with Gasteiger partial charge in [-0.05, 0) is 212 Å². The van der Waals surface area contributed by atoms with Crippen LogP contribution < -0.4 is 10.2 Å². The molecule has 22 rings (SSSR count). The fraction of sp³-hybridized carbons (Fsp3) is 0. The highest BCUT2D eigenvalue weighted by molar-refractivity contribution is 9.10. The fourth-order valence-corrected chi connectivity index (χ4v) is 18.9. The number of hydrogen-bond acceptors (Lipinski definition) is 4. The summed E-state index contributed by atoms with van der Waals surface area (Å²) in [6.07, 6.45) is 0. The third kappa shape index (κ3) is 13.8. The summed E-state index contributed by atoms with van der Waals surface area (Å²) in [5.74, 6) is 0. The normalized spacial score (nSPS) is 11.3. The first-order valence-electron chi connectivity index (χ1n) is 38.9. The fourth-order valence-electron chi connectivity index (χ4n) is 16.4. The second-order valence-electron chi connectivity index (χ2n) is 28.9. The van der Waals surface area contributed by atoms with Crippen LogP contribution in [0.15, 0.2) is 441 Å². The minimum Gasteiger partial charge on any atom is -0.356 e. The summed E-state index contributed by atoms with van der Waals surface area (Å²) < 4.78 is 11.2. The third-order valence-electron chi connectivity index (χ3n) is 21.9. The highest BCUT2D eigenvalue weighted by Crippen LogP contribution is 2.49. The first-order valence-corrected chi connectivity index (χ1v) is 41.3. The summed E-state index contributed by atoms with van der Waals surface area (Å²) in [5.41, 5.74) is 27.5. The topological polar surface area (TPSA) is 25.1 Å². The van der Waals surface area contributed by atoms with Crippen molar-refractivity contribution in [2.24, 2.45) is 0 Å². The highest BCUT2D eigenvalue weighted by Gasteiger charge is 2.24. The molecule has 0 spiro atoms. The molecule has 0 aliphatic heterocycles. The van der Waals surface area contributed by atoms with Crippen molar-refractivity contribution in [3.8, 4) is 78.1 Å². The van der Waals surface area contributed by atoms with Crippen LogP contribution in [0.25, 0.3) is 162 Å². The second kappa shape index (κ2) is 31.0. The maximum atomic E-state index is 3.69. The van der Waals surface area contributed by atoms with Crippen LogP contribution in [0.5, 0.6) is 0 Å². The van der Waals surface area contributed by atoms with Crippen molar-refractivity contribution in [2.75, 3.05) is 10.2 Å². The van der Waals surface area contributed by atoms with Gasteiger partial charge in [0.2, 0.25) is 0 Å². The molecule has 7 heteroatoms. The third-order valence-corrected chi connectivity index (χ3v) is 24.7. The van der Waals surface area contributed by atoms with Crippen LogP contribution in [-0.2, 0) is 0 Å². The van der Waals surface area contributed by atoms with Crippen molar-refractivity contribution in [3.05, 3.63) is 441 Å². The number of hydrogen-bond donors (Lipinski definition) is 1. The van der Waals surface area contributed by atoms with Gasteiger partial charge >= 0.3 is 0 Å².